The Hall–Kier alpha value is -2.20. The van der Waals surface area contributed by atoms with Crippen molar-refractivity contribution in [3.05, 3.63) is 16.3 Å². The number of amides is 2. The minimum atomic E-state index is -0.276. The molecule has 1 atom stereocenters. The van der Waals surface area contributed by atoms with Crippen molar-refractivity contribution >= 4 is 50.8 Å². The standard InChI is InChI=1S/C20H24N6O2S2/c1-3-14(27)22-23-15(28)9-29-20-25-24-18-16-12-7-4-10(2)8-13(12)30-19(16)21-17(26(18)20)11-5-6-11/h10-11H,3-9H2,1-2H3,(H,22,27)(H,23,28)/t10-/m0/s1. The van der Waals surface area contributed by atoms with Gasteiger partial charge in [0, 0.05) is 17.2 Å². The van der Waals surface area contributed by atoms with Crippen LogP contribution in [-0.2, 0) is 22.4 Å². The quantitative estimate of drug-likeness (QED) is 0.463. The number of aromatic nitrogens is 4. The number of hydrazine groups is 1. The molecule has 3 aromatic heterocycles. The highest BCUT2D eigenvalue weighted by Gasteiger charge is 2.32. The number of thiophene rings is 1. The minimum Gasteiger partial charge on any atom is -0.273 e. The molecule has 2 aliphatic carbocycles. The zero-order valence-corrected chi connectivity index (χ0v) is 18.7. The molecule has 10 heteroatoms. The lowest BCUT2D eigenvalue weighted by Crippen LogP contribution is -2.42. The van der Waals surface area contributed by atoms with Gasteiger partial charge in [-0.2, -0.15) is 0 Å². The Bertz CT molecular complexity index is 1150. The van der Waals surface area contributed by atoms with E-state index in [1.54, 1.807) is 6.92 Å². The molecule has 0 radical (unpaired) electrons. The van der Waals surface area contributed by atoms with Gasteiger partial charge in [-0.3, -0.25) is 24.8 Å². The lowest BCUT2D eigenvalue weighted by Gasteiger charge is -2.17. The third-order valence-electron chi connectivity index (χ3n) is 5.73. The fourth-order valence-electron chi connectivity index (χ4n) is 3.94. The molecule has 3 heterocycles. The van der Waals surface area contributed by atoms with Gasteiger partial charge in [0.1, 0.15) is 10.7 Å². The van der Waals surface area contributed by atoms with Crippen LogP contribution in [0.5, 0.6) is 0 Å². The van der Waals surface area contributed by atoms with Crippen molar-refractivity contribution < 1.29 is 9.59 Å². The molecular formula is C20H24N6O2S2. The number of thioether (sulfide) groups is 1. The van der Waals surface area contributed by atoms with Crippen molar-refractivity contribution in [3.63, 3.8) is 0 Å². The summed E-state index contributed by atoms with van der Waals surface area (Å²) in [6, 6.07) is 0. The number of hydrogen-bond donors (Lipinski definition) is 2. The summed E-state index contributed by atoms with van der Waals surface area (Å²) in [6.07, 6.45) is 5.93. The van der Waals surface area contributed by atoms with E-state index in [9.17, 15) is 9.59 Å². The molecule has 0 bridgehead atoms. The highest BCUT2D eigenvalue weighted by molar-refractivity contribution is 7.99. The average Bonchev–Trinajstić information content (AvgIpc) is 3.40. The van der Waals surface area contributed by atoms with Crippen LogP contribution < -0.4 is 10.9 Å². The first-order valence-electron chi connectivity index (χ1n) is 10.4. The van der Waals surface area contributed by atoms with Gasteiger partial charge in [0.15, 0.2) is 10.8 Å². The molecule has 0 aliphatic heterocycles. The summed E-state index contributed by atoms with van der Waals surface area (Å²) in [6.45, 7) is 4.04. The van der Waals surface area contributed by atoms with E-state index < -0.39 is 0 Å². The minimum absolute atomic E-state index is 0.145. The third kappa shape index (κ3) is 3.56. The highest BCUT2D eigenvalue weighted by Crippen LogP contribution is 2.44. The molecule has 0 saturated heterocycles. The summed E-state index contributed by atoms with van der Waals surface area (Å²) in [5.74, 6) is 1.80. The van der Waals surface area contributed by atoms with Crippen LogP contribution >= 0.6 is 23.1 Å². The number of nitrogens with one attached hydrogen (secondary N) is 2. The second-order valence-electron chi connectivity index (χ2n) is 8.16. The van der Waals surface area contributed by atoms with E-state index in [4.69, 9.17) is 4.98 Å². The van der Waals surface area contributed by atoms with E-state index in [0.29, 0.717) is 23.4 Å². The Morgan fingerprint density at radius 3 is 2.77 bits per heavy atom. The largest absolute Gasteiger partial charge is 0.273 e. The molecule has 2 aliphatic rings. The molecule has 2 amide bonds. The number of carbonyl (C=O) groups is 2. The predicted molar refractivity (Wildman–Crippen MR) is 117 cm³/mol. The maximum Gasteiger partial charge on any atom is 0.248 e. The first-order valence-corrected chi connectivity index (χ1v) is 12.2. The fraction of sp³-hybridized carbons (Fsp3) is 0.550. The Labute approximate surface area is 182 Å². The molecular weight excluding hydrogens is 420 g/mol. The molecule has 0 aromatic carbocycles. The summed E-state index contributed by atoms with van der Waals surface area (Å²) in [4.78, 5) is 31.0. The van der Waals surface area contributed by atoms with Crippen LogP contribution in [0.25, 0.3) is 15.9 Å². The van der Waals surface area contributed by atoms with E-state index >= 15 is 0 Å². The predicted octanol–water partition coefficient (Wildman–Crippen LogP) is 2.99. The molecule has 0 spiro atoms. The van der Waals surface area contributed by atoms with Gasteiger partial charge in [-0.15, -0.1) is 21.5 Å². The van der Waals surface area contributed by atoms with Crippen molar-refractivity contribution in [1.29, 1.82) is 0 Å². The summed E-state index contributed by atoms with van der Waals surface area (Å²) in [5, 5.41) is 10.8. The van der Waals surface area contributed by atoms with Crippen molar-refractivity contribution in [2.24, 2.45) is 5.92 Å². The van der Waals surface area contributed by atoms with Gasteiger partial charge >= 0.3 is 0 Å². The Morgan fingerprint density at radius 1 is 1.20 bits per heavy atom. The van der Waals surface area contributed by atoms with E-state index in [1.165, 1.54) is 28.6 Å². The SMILES string of the molecule is CCC(=O)NNC(=O)CSc1nnc2c3c4c(sc3nc(C3CC3)n12)C[C@@H](C)CC4. The number of nitrogens with zero attached hydrogens (tertiary/aromatic N) is 4. The van der Waals surface area contributed by atoms with Gasteiger partial charge in [0.05, 0.1) is 11.1 Å². The zero-order valence-electron chi connectivity index (χ0n) is 17.0. The second kappa shape index (κ2) is 7.81. The zero-order chi connectivity index (χ0) is 20.8. The van der Waals surface area contributed by atoms with Gasteiger partial charge < -0.3 is 0 Å². The van der Waals surface area contributed by atoms with Crippen molar-refractivity contribution in [1.82, 2.24) is 30.4 Å². The molecule has 0 unspecified atom stereocenters. The van der Waals surface area contributed by atoms with E-state index in [0.717, 1.165) is 47.4 Å². The van der Waals surface area contributed by atoms with Crippen LogP contribution in [0.3, 0.4) is 0 Å². The van der Waals surface area contributed by atoms with Crippen LogP contribution in [0.4, 0.5) is 0 Å². The summed E-state index contributed by atoms with van der Waals surface area (Å²) >= 11 is 3.13. The smallest absolute Gasteiger partial charge is 0.248 e. The normalized spacial score (nSPS) is 18.5. The lowest BCUT2D eigenvalue weighted by atomic mass is 9.89. The van der Waals surface area contributed by atoms with Crippen molar-refractivity contribution in [2.75, 3.05) is 5.75 Å². The van der Waals surface area contributed by atoms with E-state index in [-0.39, 0.29) is 17.6 Å². The number of aryl methyl sites for hydroxylation is 1. The lowest BCUT2D eigenvalue weighted by molar-refractivity contribution is -0.127. The number of fused-ring (bicyclic) bond motifs is 5. The molecule has 3 aromatic rings. The highest BCUT2D eigenvalue weighted by atomic mass is 32.2. The molecule has 1 saturated carbocycles. The van der Waals surface area contributed by atoms with Crippen LogP contribution in [0.15, 0.2) is 5.16 Å². The second-order valence-corrected chi connectivity index (χ2v) is 10.2. The molecule has 30 heavy (non-hydrogen) atoms. The van der Waals surface area contributed by atoms with E-state index in [2.05, 4.69) is 32.4 Å². The van der Waals surface area contributed by atoms with Crippen molar-refractivity contribution in [3.8, 4) is 0 Å². The maximum absolute atomic E-state index is 12.1. The van der Waals surface area contributed by atoms with Gasteiger partial charge in [0.25, 0.3) is 0 Å². The number of rotatable bonds is 5. The molecule has 2 N–H and O–H groups in total. The van der Waals surface area contributed by atoms with Gasteiger partial charge in [-0.05, 0) is 43.6 Å². The van der Waals surface area contributed by atoms with Crippen molar-refractivity contribution in [2.45, 2.75) is 63.4 Å². The maximum atomic E-state index is 12.1. The molecule has 1 fully saturated rings. The summed E-state index contributed by atoms with van der Waals surface area (Å²) in [5.41, 5.74) is 7.08. The third-order valence-corrected chi connectivity index (χ3v) is 7.81. The van der Waals surface area contributed by atoms with Gasteiger partial charge in [-0.1, -0.05) is 25.6 Å². The Balaban J connectivity index is 1.49. The molecule has 158 valence electrons. The Kier molecular flexibility index (Phi) is 5.14. The molecule has 5 rings (SSSR count). The first-order chi connectivity index (χ1) is 14.5. The van der Waals surface area contributed by atoms with Gasteiger partial charge in [0.2, 0.25) is 11.8 Å². The topological polar surface area (TPSA) is 101 Å². The van der Waals surface area contributed by atoms with Crippen LogP contribution in [0, 0.1) is 5.92 Å². The Morgan fingerprint density at radius 2 is 2.00 bits per heavy atom. The molecule has 8 nitrogen and oxygen atoms in total. The van der Waals surface area contributed by atoms with Crippen LogP contribution in [0.1, 0.15) is 61.7 Å². The summed E-state index contributed by atoms with van der Waals surface area (Å²) < 4.78 is 2.06. The van der Waals surface area contributed by atoms with Crippen LogP contribution in [0.2, 0.25) is 0 Å². The number of hydrogen-bond acceptors (Lipinski definition) is 7. The summed E-state index contributed by atoms with van der Waals surface area (Å²) in [7, 11) is 0. The average molecular weight is 445 g/mol. The number of carbonyl (C=O) groups excluding carboxylic acids is 2. The van der Waals surface area contributed by atoms with E-state index in [1.807, 2.05) is 11.3 Å². The monoisotopic (exact) mass is 444 g/mol. The van der Waals surface area contributed by atoms with Gasteiger partial charge in [-0.25, -0.2) is 4.98 Å². The first kappa shape index (κ1) is 19.7. The fourth-order valence-corrected chi connectivity index (χ4v) is 6.07. The van der Waals surface area contributed by atoms with Crippen LogP contribution in [-0.4, -0.2) is 37.1 Å².